The molecule has 0 aliphatic rings. The minimum atomic E-state index is -0.397. The number of carbonyl (C=O) groups excluding carboxylic acids is 2. The van der Waals surface area contributed by atoms with Crippen molar-refractivity contribution in [3.05, 3.63) is 89.6 Å². The Kier molecular flexibility index (Phi) is 4.98. The van der Waals surface area contributed by atoms with Gasteiger partial charge < -0.3 is 9.84 Å². The van der Waals surface area contributed by atoms with Crippen molar-refractivity contribution in [2.45, 2.75) is 6.54 Å². The van der Waals surface area contributed by atoms with Crippen molar-refractivity contribution in [3.63, 3.8) is 0 Å². The minimum absolute atomic E-state index is 0.0416. The van der Waals surface area contributed by atoms with Crippen molar-refractivity contribution < 1.29 is 14.1 Å². The lowest BCUT2D eigenvalue weighted by Gasteiger charge is -2.08. The van der Waals surface area contributed by atoms with Crippen molar-refractivity contribution >= 4 is 11.7 Å². The Hall–Kier alpha value is -4.07. The second-order valence-electron chi connectivity index (χ2n) is 6.34. The highest BCUT2D eigenvalue weighted by molar-refractivity contribution is 6.15. The van der Waals surface area contributed by atoms with Crippen LogP contribution in [0.25, 0.3) is 11.4 Å². The SMILES string of the molecule is Cn1cc(-c2noc(CNC(=O)c3ccccc3C(=O)c3ccccc3)n2)cn1. The summed E-state index contributed by atoms with van der Waals surface area (Å²) in [6.07, 6.45) is 3.39. The predicted molar refractivity (Wildman–Crippen MR) is 104 cm³/mol. The molecule has 0 saturated carbocycles. The van der Waals surface area contributed by atoms with Gasteiger partial charge in [-0.1, -0.05) is 53.7 Å². The number of amides is 1. The molecule has 0 saturated heterocycles. The van der Waals surface area contributed by atoms with E-state index in [2.05, 4.69) is 20.6 Å². The van der Waals surface area contributed by atoms with Crippen LogP contribution in [0.3, 0.4) is 0 Å². The Morgan fingerprint density at radius 2 is 1.76 bits per heavy atom. The van der Waals surface area contributed by atoms with Crippen LogP contribution in [0.5, 0.6) is 0 Å². The molecule has 4 rings (SSSR count). The fraction of sp³-hybridized carbons (Fsp3) is 0.0952. The van der Waals surface area contributed by atoms with E-state index in [-0.39, 0.29) is 23.8 Å². The highest BCUT2D eigenvalue weighted by Gasteiger charge is 2.18. The van der Waals surface area contributed by atoms with E-state index in [4.69, 9.17) is 4.52 Å². The Labute approximate surface area is 166 Å². The second kappa shape index (κ2) is 7.89. The van der Waals surface area contributed by atoms with Gasteiger partial charge in [-0.3, -0.25) is 14.3 Å². The van der Waals surface area contributed by atoms with Crippen molar-refractivity contribution in [3.8, 4) is 11.4 Å². The maximum Gasteiger partial charge on any atom is 0.252 e. The highest BCUT2D eigenvalue weighted by atomic mass is 16.5. The zero-order chi connectivity index (χ0) is 20.2. The lowest BCUT2D eigenvalue weighted by atomic mass is 9.98. The minimum Gasteiger partial charge on any atom is -0.343 e. The number of carbonyl (C=O) groups is 2. The van der Waals surface area contributed by atoms with Crippen molar-refractivity contribution in [2.75, 3.05) is 0 Å². The molecule has 0 bridgehead atoms. The Morgan fingerprint density at radius 1 is 1.03 bits per heavy atom. The summed E-state index contributed by atoms with van der Waals surface area (Å²) in [4.78, 5) is 29.7. The molecule has 29 heavy (non-hydrogen) atoms. The van der Waals surface area contributed by atoms with Crippen LogP contribution in [-0.4, -0.2) is 31.6 Å². The quantitative estimate of drug-likeness (QED) is 0.510. The van der Waals surface area contributed by atoms with E-state index in [9.17, 15) is 9.59 Å². The first-order chi connectivity index (χ1) is 14.1. The fourth-order valence-corrected chi connectivity index (χ4v) is 2.86. The van der Waals surface area contributed by atoms with Crippen LogP contribution in [0.1, 0.15) is 32.2 Å². The smallest absolute Gasteiger partial charge is 0.252 e. The summed E-state index contributed by atoms with van der Waals surface area (Å²) in [6, 6.07) is 15.5. The van der Waals surface area contributed by atoms with Gasteiger partial charge in [-0.15, -0.1) is 0 Å². The van der Waals surface area contributed by atoms with Gasteiger partial charge in [0, 0.05) is 24.4 Å². The van der Waals surface area contributed by atoms with Crippen LogP contribution < -0.4 is 5.32 Å². The number of ketones is 1. The standard InChI is InChI=1S/C21H17N5O3/c1-26-13-15(11-23-26)20-24-18(29-25-20)12-22-21(28)17-10-6-5-9-16(17)19(27)14-7-3-2-4-8-14/h2-11,13H,12H2,1H3,(H,22,28). The number of rotatable bonds is 6. The first-order valence-corrected chi connectivity index (χ1v) is 8.90. The van der Waals surface area contributed by atoms with Crippen molar-refractivity contribution in [1.82, 2.24) is 25.2 Å². The summed E-state index contributed by atoms with van der Waals surface area (Å²) >= 11 is 0. The van der Waals surface area contributed by atoms with Gasteiger partial charge in [-0.05, 0) is 6.07 Å². The lowest BCUT2D eigenvalue weighted by molar-refractivity contribution is 0.0935. The molecular weight excluding hydrogens is 370 g/mol. The monoisotopic (exact) mass is 387 g/mol. The van der Waals surface area contributed by atoms with E-state index in [1.807, 2.05) is 6.07 Å². The van der Waals surface area contributed by atoms with Gasteiger partial charge in [0.15, 0.2) is 5.78 Å². The average molecular weight is 387 g/mol. The number of nitrogens with one attached hydrogen (secondary N) is 1. The van der Waals surface area contributed by atoms with Gasteiger partial charge in [0.05, 0.1) is 23.9 Å². The maximum atomic E-state index is 12.8. The molecular formula is C21H17N5O3. The third kappa shape index (κ3) is 3.96. The number of nitrogens with zero attached hydrogens (tertiary/aromatic N) is 4. The van der Waals surface area contributed by atoms with Crippen LogP contribution in [0.15, 0.2) is 71.5 Å². The van der Waals surface area contributed by atoms with Crippen molar-refractivity contribution in [2.24, 2.45) is 7.05 Å². The maximum absolute atomic E-state index is 12.8. The first-order valence-electron chi connectivity index (χ1n) is 8.90. The zero-order valence-electron chi connectivity index (χ0n) is 15.6. The highest BCUT2D eigenvalue weighted by Crippen LogP contribution is 2.16. The van der Waals surface area contributed by atoms with Crippen LogP contribution in [0.4, 0.5) is 0 Å². The number of benzene rings is 2. The normalized spacial score (nSPS) is 10.7. The van der Waals surface area contributed by atoms with Gasteiger partial charge in [-0.2, -0.15) is 10.1 Å². The molecule has 0 spiro atoms. The summed E-state index contributed by atoms with van der Waals surface area (Å²) in [6.45, 7) is 0.0416. The van der Waals surface area contributed by atoms with E-state index >= 15 is 0 Å². The third-order valence-electron chi connectivity index (χ3n) is 4.28. The molecule has 2 aromatic carbocycles. The van der Waals surface area contributed by atoms with Crippen LogP contribution >= 0.6 is 0 Å². The van der Waals surface area contributed by atoms with E-state index in [0.29, 0.717) is 22.5 Å². The topological polar surface area (TPSA) is 103 Å². The molecule has 0 aliphatic carbocycles. The second-order valence-corrected chi connectivity index (χ2v) is 6.34. The van der Waals surface area contributed by atoms with Gasteiger partial charge >= 0.3 is 0 Å². The number of aromatic nitrogens is 4. The molecule has 0 unspecified atom stereocenters. The summed E-state index contributed by atoms with van der Waals surface area (Å²) in [5.74, 6) is 0.0325. The van der Waals surface area contributed by atoms with Gasteiger partial charge in [-0.25, -0.2) is 0 Å². The number of hydrogen-bond acceptors (Lipinski definition) is 6. The molecule has 0 atom stereocenters. The lowest BCUT2D eigenvalue weighted by Crippen LogP contribution is -2.25. The summed E-state index contributed by atoms with van der Waals surface area (Å²) < 4.78 is 6.81. The van der Waals surface area contributed by atoms with Crippen LogP contribution in [0, 0.1) is 0 Å². The van der Waals surface area contributed by atoms with Crippen LogP contribution in [-0.2, 0) is 13.6 Å². The third-order valence-corrected chi connectivity index (χ3v) is 4.28. The zero-order valence-corrected chi connectivity index (χ0v) is 15.6. The molecule has 0 aliphatic heterocycles. The Morgan fingerprint density at radius 3 is 2.48 bits per heavy atom. The van der Waals surface area contributed by atoms with Crippen LogP contribution in [0.2, 0.25) is 0 Å². The van der Waals surface area contributed by atoms with E-state index in [1.165, 1.54) is 0 Å². The molecule has 8 nitrogen and oxygen atoms in total. The molecule has 2 heterocycles. The van der Waals surface area contributed by atoms with Gasteiger partial charge in [0.1, 0.15) is 0 Å². The number of aryl methyl sites for hydroxylation is 1. The predicted octanol–water partition coefficient (Wildman–Crippen LogP) is 2.63. The summed E-state index contributed by atoms with van der Waals surface area (Å²) in [5, 5.41) is 10.7. The summed E-state index contributed by atoms with van der Waals surface area (Å²) in [5.41, 5.74) is 1.85. The fourth-order valence-electron chi connectivity index (χ4n) is 2.86. The molecule has 144 valence electrons. The van der Waals surface area contributed by atoms with E-state index in [0.717, 1.165) is 0 Å². The number of hydrogen-bond donors (Lipinski definition) is 1. The average Bonchev–Trinajstić information content (AvgIpc) is 3.41. The Balaban J connectivity index is 1.48. The molecule has 2 aromatic heterocycles. The van der Waals surface area contributed by atoms with E-state index < -0.39 is 5.91 Å². The molecule has 4 aromatic rings. The van der Waals surface area contributed by atoms with Gasteiger partial charge in [0.25, 0.3) is 5.91 Å². The molecule has 8 heteroatoms. The van der Waals surface area contributed by atoms with Crippen molar-refractivity contribution in [1.29, 1.82) is 0 Å². The largest absolute Gasteiger partial charge is 0.343 e. The van der Waals surface area contributed by atoms with E-state index in [1.54, 1.807) is 72.7 Å². The Bertz CT molecular complexity index is 1160. The molecule has 1 amide bonds. The molecule has 0 fully saturated rings. The van der Waals surface area contributed by atoms with Gasteiger partial charge in [0.2, 0.25) is 11.7 Å². The summed E-state index contributed by atoms with van der Waals surface area (Å²) in [7, 11) is 1.79. The first kappa shape index (κ1) is 18.3. The molecule has 0 radical (unpaired) electrons. The molecule has 1 N–H and O–H groups in total.